The van der Waals surface area contributed by atoms with E-state index < -0.39 is 11.9 Å². The SMILES string of the molecule is CCCCCCCCCCCC/C(=C\C(=O)[O-])C(=O)[O-].[Ca+2]. The van der Waals surface area contributed by atoms with Crippen molar-refractivity contribution in [2.45, 2.75) is 77.6 Å². The Balaban J connectivity index is 0. The molecule has 0 aliphatic heterocycles. The molecule has 0 fully saturated rings. The molecule has 4 nitrogen and oxygen atoms in total. The summed E-state index contributed by atoms with van der Waals surface area (Å²) in [4.78, 5) is 21.0. The maximum Gasteiger partial charge on any atom is 2.00 e. The molecule has 0 amide bonds. The molecule has 116 valence electrons. The van der Waals surface area contributed by atoms with Crippen molar-refractivity contribution in [3.8, 4) is 0 Å². The summed E-state index contributed by atoms with van der Waals surface area (Å²) in [6.07, 6.45) is 12.4. The molecule has 21 heavy (non-hydrogen) atoms. The molecular weight excluding hydrogens is 296 g/mol. The van der Waals surface area contributed by atoms with Gasteiger partial charge >= 0.3 is 37.7 Å². The second-order valence-corrected chi connectivity index (χ2v) is 5.21. The third-order valence-electron chi connectivity index (χ3n) is 3.35. The molecule has 0 saturated heterocycles. The minimum absolute atomic E-state index is 0. The van der Waals surface area contributed by atoms with Crippen LogP contribution in [0.25, 0.3) is 0 Å². The van der Waals surface area contributed by atoms with Gasteiger partial charge in [0.1, 0.15) is 0 Å². The van der Waals surface area contributed by atoms with Crippen molar-refractivity contribution in [3.05, 3.63) is 11.6 Å². The van der Waals surface area contributed by atoms with Gasteiger partial charge in [0.15, 0.2) is 0 Å². The van der Waals surface area contributed by atoms with Gasteiger partial charge in [-0.25, -0.2) is 0 Å². The quantitative estimate of drug-likeness (QED) is 0.291. The average Bonchev–Trinajstić information content (AvgIpc) is 2.39. The average molecular weight is 322 g/mol. The summed E-state index contributed by atoms with van der Waals surface area (Å²) in [5, 5.41) is 21.0. The van der Waals surface area contributed by atoms with Crippen LogP contribution in [0.15, 0.2) is 11.6 Å². The van der Waals surface area contributed by atoms with Gasteiger partial charge < -0.3 is 19.8 Å². The van der Waals surface area contributed by atoms with Crippen molar-refractivity contribution in [2.24, 2.45) is 0 Å². The minimum atomic E-state index is -1.48. The standard InChI is InChI=1S/C16H28O4.Ca/c1-2-3-4-5-6-7-8-9-10-11-12-14(16(19)20)13-15(17)18;/h13H,2-12H2,1H3,(H,17,18)(H,19,20);/q;+2/p-2/b14-13+;. The van der Waals surface area contributed by atoms with Crippen LogP contribution < -0.4 is 10.2 Å². The number of aliphatic carboxylic acids is 2. The monoisotopic (exact) mass is 322 g/mol. The van der Waals surface area contributed by atoms with E-state index in [0.29, 0.717) is 12.5 Å². The fourth-order valence-electron chi connectivity index (χ4n) is 2.18. The first kappa shape index (κ1) is 23.2. The first-order valence-corrected chi connectivity index (χ1v) is 7.70. The molecule has 0 radical (unpaired) electrons. The second-order valence-electron chi connectivity index (χ2n) is 5.21. The first-order chi connectivity index (χ1) is 9.57. The van der Waals surface area contributed by atoms with E-state index in [1.165, 1.54) is 38.5 Å². The van der Waals surface area contributed by atoms with Gasteiger partial charge in [-0.1, -0.05) is 64.7 Å². The van der Waals surface area contributed by atoms with Crippen molar-refractivity contribution in [1.29, 1.82) is 0 Å². The summed E-state index contributed by atoms with van der Waals surface area (Å²) in [5.41, 5.74) is -0.176. The Kier molecular flexibility index (Phi) is 18.0. The molecule has 0 atom stereocenters. The molecule has 0 aliphatic carbocycles. The molecule has 0 aromatic rings. The maximum atomic E-state index is 10.7. The zero-order valence-electron chi connectivity index (χ0n) is 13.2. The van der Waals surface area contributed by atoms with Crippen LogP contribution >= 0.6 is 0 Å². The Morgan fingerprint density at radius 2 is 1.24 bits per heavy atom. The van der Waals surface area contributed by atoms with Crippen molar-refractivity contribution in [2.75, 3.05) is 0 Å². The number of carboxylic acid groups (broad SMARTS) is 2. The Hall–Kier alpha value is -0.0603. The zero-order chi connectivity index (χ0) is 15.2. The normalized spacial score (nSPS) is 11.0. The van der Waals surface area contributed by atoms with Crippen molar-refractivity contribution in [3.63, 3.8) is 0 Å². The van der Waals surface area contributed by atoms with E-state index in [-0.39, 0.29) is 49.7 Å². The van der Waals surface area contributed by atoms with Crippen LogP contribution in [0.4, 0.5) is 0 Å². The van der Waals surface area contributed by atoms with E-state index in [1.807, 2.05) is 0 Å². The van der Waals surface area contributed by atoms with Gasteiger partial charge in [-0.3, -0.25) is 0 Å². The van der Waals surface area contributed by atoms with Crippen molar-refractivity contribution >= 4 is 49.7 Å². The largest absolute Gasteiger partial charge is 2.00 e. The number of unbranched alkanes of at least 4 members (excludes halogenated alkanes) is 9. The molecule has 0 rings (SSSR count). The van der Waals surface area contributed by atoms with E-state index in [0.717, 1.165) is 19.3 Å². The van der Waals surface area contributed by atoms with Crippen LogP contribution in [-0.2, 0) is 9.59 Å². The molecule has 0 N–H and O–H groups in total. The molecule has 0 heterocycles. The molecule has 0 unspecified atom stereocenters. The van der Waals surface area contributed by atoms with Gasteiger partial charge in [0.2, 0.25) is 0 Å². The third kappa shape index (κ3) is 16.1. The van der Waals surface area contributed by atoms with Crippen molar-refractivity contribution in [1.82, 2.24) is 0 Å². The van der Waals surface area contributed by atoms with Crippen LogP contribution in [-0.4, -0.2) is 49.7 Å². The molecule has 0 bridgehead atoms. The van der Waals surface area contributed by atoms with Gasteiger partial charge in [-0.15, -0.1) is 0 Å². The van der Waals surface area contributed by atoms with Gasteiger partial charge in [0, 0.05) is 0 Å². The molecule has 0 saturated carbocycles. The third-order valence-corrected chi connectivity index (χ3v) is 3.35. The molecular formula is C16H26CaO4. The van der Waals surface area contributed by atoms with Crippen LogP contribution in [0.5, 0.6) is 0 Å². The van der Waals surface area contributed by atoms with Gasteiger partial charge in [-0.2, -0.15) is 0 Å². The summed E-state index contributed by atoms with van der Waals surface area (Å²) >= 11 is 0. The fourth-order valence-corrected chi connectivity index (χ4v) is 2.18. The van der Waals surface area contributed by atoms with Crippen LogP contribution in [0.2, 0.25) is 0 Å². The summed E-state index contributed by atoms with van der Waals surface area (Å²) in [6.45, 7) is 2.20. The van der Waals surface area contributed by atoms with Crippen molar-refractivity contribution < 1.29 is 19.8 Å². The van der Waals surface area contributed by atoms with Gasteiger partial charge in [-0.05, 0) is 24.5 Å². The molecule has 0 aliphatic rings. The predicted molar refractivity (Wildman–Crippen MR) is 80.3 cm³/mol. The number of carbonyl (C=O) groups is 2. The predicted octanol–water partition coefficient (Wildman–Crippen LogP) is 1.34. The van der Waals surface area contributed by atoms with Gasteiger partial charge in [0.25, 0.3) is 0 Å². The zero-order valence-corrected chi connectivity index (χ0v) is 15.4. The molecule has 0 spiro atoms. The summed E-state index contributed by atoms with van der Waals surface area (Å²) in [7, 11) is 0. The molecule has 0 aromatic heterocycles. The fraction of sp³-hybridized carbons (Fsp3) is 0.750. The van der Waals surface area contributed by atoms with E-state index in [1.54, 1.807) is 0 Å². The van der Waals surface area contributed by atoms with Crippen LogP contribution in [0.1, 0.15) is 77.6 Å². The summed E-state index contributed by atoms with van der Waals surface area (Å²) in [6, 6.07) is 0. The topological polar surface area (TPSA) is 80.3 Å². The Morgan fingerprint density at radius 3 is 1.62 bits per heavy atom. The van der Waals surface area contributed by atoms with E-state index in [2.05, 4.69) is 6.92 Å². The second kappa shape index (κ2) is 16.3. The van der Waals surface area contributed by atoms with Crippen LogP contribution in [0, 0.1) is 0 Å². The van der Waals surface area contributed by atoms with E-state index >= 15 is 0 Å². The molecule has 5 heteroatoms. The Labute approximate surface area is 158 Å². The van der Waals surface area contributed by atoms with Crippen LogP contribution in [0.3, 0.4) is 0 Å². The number of hydrogen-bond donors (Lipinski definition) is 0. The minimum Gasteiger partial charge on any atom is -0.545 e. The number of hydrogen-bond acceptors (Lipinski definition) is 4. The molecule has 0 aromatic carbocycles. The Morgan fingerprint density at radius 1 is 0.810 bits per heavy atom. The number of carboxylic acids is 2. The maximum absolute atomic E-state index is 10.7. The number of carbonyl (C=O) groups excluding carboxylic acids is 2. The summed E-state index contributed by atoms with van der Waals surface area (Å²) < 4.78 is 0. The summed E-state index contributed by atoms with van der Waals surface area (Å²) in [5.74, 6) is -2.89. The van der Waals surface area contributed by atoms with Gasteiger partial charge in [0.05, 0.1) is 11.9 Å². The van der Waals surface area contributed by atoms with E-state index in [9.17, 15) is 19.8 Å². The smallest absolute Gasteiger partial charge is 0.545 e. The van der Waals surface area contributed by atoms with E-state index in [4.69, 9.17) is 0 Å². The first-order valence-electron chi connectivity index (χ1n) is 7.70. The Bertz CT molecular complexity index is 313. The number of rotatable bonds is 13.